The lowest BCUT2D eigenvalue weighted by atomic mass is 9.99. The van der Waals surface area contributed by atoms with Crippen molar-refractivity contribution < 1.29 is 5.11 Å². The molecule has 0 aromatic heterocycles. The molecule has 0 saturated heterocycles. The van der Waals surface area contributed by atoms with Crippen LogP contribution in [0.15, 0.2) is 24.3 Å². The monoisotopic (exact) mass is 166 g/mol. The Hall–Kier alpha value is -0.560. The minimum atomic E-state index is 0.332. The van der Waals surface area contributed by atoms with Crippen LogP contribution in [0.3, 0.4) is 0 Å². The summed E-state index contributed by atoms with van der Waals surface area (Å²) in [5.74, 6) is 0.476. The van der Waals surface area contributed by atoms with Crippen LogP contribution in [0.1, 0.15) is 32.1 Å². The second kappa shape index (κ2) is 6.01. The van der Waals surface area contributed by atoms with E-state index in [1.807, 2.05) is 0 Å². The average Bonchev–Trinajstić information content (AvgIpc) is 2.14. The van der Waals surface area contributed by atoms with Gasteiger partial charge in [0.05, 0.1) is 0 Å². The quantitative estimate of drug-likeness (QED) is 0.594. The number of rotatable bonds is 1. The molecule has 0 bridgehead atoms. The largest absolute Gasteiger partial charge is 0.396 e. The van der Waals surface area contributed by atoms with Gasteiger partial charge in [-0.1, -0.05) is 24.3 Å². The zero-order valence-corrected chi connectivity index (χ0v) is 7.58. The highest BCUT2D eigenvalue weighted by Crippen LogP contribution is 2.13. The maximum Gasteiger partial charge on any atom is 0.0462 e. The summed E-state index contributed by atoms with van der Waals surface area (Å²) in [5, 5.41) is 9.01. The lowest BCUT2D eigenvalue weighted by Gasteiger charge is -2.10. The summed E-state index contributed by atoms with van der Waals surface area (Å²) in [6, 6.07) is 0. The zero-order chi connectivity index (χ0) is 8.65. The van der Waals surface area contributed by atoms with E-state index < -0.39 is 0 Å². The molecule has 0 saturated carbocycles. The summed E-state index contributed by atoms with van der Waals surface area (Å²) in [5.41, 5.74) is 0. The molecule has 1 rings (SSSR count). The Bertz CT molecular complexity index is 158. The Balaban J connectivity index is 2.37. The van der Waals surface area contributed by atoms with Crippen molar-refractivity contribution in [2.45, 2.75) is 32.1 Å². The van der Waals surface area contributed by atoms with E-state index in [0.29, 0.717) is 12.5 Å². The molecule has 0 amide bonds. The molecule has 0 aliphatic heterocycles. The van der Waals surface area contributed by atoms with Crippen molar-refractivity contribution in [3.63, 3.8) is 0 Å². The smallest absolute Gasteiger partial charge is 0.0462 e. The van der Waals surface area contributed by atoms with Crippen molar-refractivity contribution in [3.05, 3.63) is 24.3 Å². The van der Waals surface area contributed by atoms with Crippen LogP contribution in [0.4, 0.5) is 0 Å². The van der Waals surface area contributed by atoms with Crippen molar-refractivity contribution in [2.75, 3.05) is 6.61 Å². The van der Waals surface area contributed by atoms with Gasteiger partial charge in [-0.25, -0.2) is 0 Å². The summed E-state index contributed by atoms with van der Waals surface area (Å²) in [7, 11) is 0. The molecular weight excluding hydrogens is 148 g/mol. The molecule has 0 aromatic carbocycles. The summed E-state index contributed by atoms with van der Waals surface area (Å²) in [6.45, 7) is 0.332. The van der Waals surface area contributed by atoms with Crippen LogP contribution in [-0.2, 0) is 0 Å². The Kier molecular flexibility index (Phi) is 4.77. The molecule has 0 heterocycles. The number of aliphatic hydroxyl groups excluding tert-OH is 1. The number of hydrogen-bond donors (Lipinski definition) is 1. The van der Waals surface area contributed by atoms with Crippen molar-refractivity contribution in [1.29, 1.82) is 0 Å². The molecule has 0 spiro atoms. The van der Waals surface area contributed by atoms with E-state index in [9.17, 15) is 0 Å². The highest BCUT2D eigenvalue weighted by molar-refractivity contribution is 4.91. The van der Waals surface area contributed by atoms with Crippen molar-refractivity contribution in [2.24, 2.45) is 5.92 Å². The second-order valence-corrected chi connectivity index (χ2v) is 3.38. The molecular formula is C11H18O. The van der Waals surface area contributed by atoms with Crippen LogP contribution in [0.5, 0.6) is 0 Å². The summed E-state index contributed by atoms with van der Waals surface area (Å²) < 4.78 is 0. The van der Waals surface area contributed by atoms with Crippen molar-refractivity contribution >= 4 is 0 Å². The van der Waals surface area contributed by atoms with E-state index in [0.717, 1.165) is 25.7 Å². The van der Waals surface area contributed by atoms with Gasteiger partial charge in [0.2, 0.25) is 0 Å². The van der Waals surface area contributed by atoms with Crippen molar-refractivity contribution in [3.8, 4) is 0 Å². The van der Waals surface area contributed by atoms with Gasteiger partial charge in [0, 0.05) is 6.61 Å². The maximum atomic E-state index is 9.01. The lowest BCUT2D eigenvalue weighted by molar-refractivity contribution is 0.220. The summed E-state index contributed by atoms with van der Waals surface area (Å²) in [4.78, 5) is 0. The minimum absolute atomic E-state index is 0.332. The average molecular weight is 166 g/mol. The van der Waals surface area contributed by atoms with Crippen LogP contribution in [0.25, 0.3) is 0 Å². The van der Waals surface area contributed by atoms with Crippen LogP contribution < -0.4 is 0 Å². The third kappa shape index (κ3) is 3.72. The van der Waals surface area contributed by atoms with Gasteiger partial charge >= 0.3 is 0 Å². The highest BCUT2D eigenvalue weighted by Gasteiger charge is 2.03. The lowest BCUT2D eigenvalue weighted by Crippen LogP contribution is -2.04. The van der Waals surface area contributed by atoms with E-state index >= 15 is 0 Å². The van der Waals surface area contributed by atoms with Gasteiger partial charge < -0.3 is 5.11 Å². The van der Waals surface area contributed by atoms with Crippen LogP contribution >= 0.6 is 0 Å². The number of allylic oxidation sites excluding steroid dienone is 4. The SMILES string of the molecule is OCC1C/C=C/CC/C=C\CC1. The van der Waals surface area contributed by atoms with E-state index in [1.165, 1.54) is 6.42 Å². The third-order valence-electron chi connectivity index (χ3n) is 2.30. The molecule has 1 aliphatic carbocycles. The minimum Gasteiger partial charge on any atom is -0.396 e. The molecule has 1 N–H and O–H groups in total. The van der Waals surface area contributed by atoms with Crippen LogP contribution in [-0.4, -0.2) is 11.7 Å². The van der Waals surface area contributed by atoms with Gasteiger partial charge in [-0.2, -0.15) is 0 Å². The first-order chi connectivity index (χ1) is 5.93. The molecule has 0 radical (unpaired) electrons. The molecule has 1 atom stereocenters. The van der Waals surface area contributed by atoms with Crippen LogP contribution in [0, 0.1) is 5.92 Å². The first kappa shape index (κ1) is 9.53. The predicted molar refractivity (Wildman–Crippen MR) is 51.9 cm³/mol. The normalized spacial score (nSPS) is 30.9. The fourth-order valence-corrected chi connectivity index (χ4v) is 1.45. The van der Waals surface area contributed by atoms with Crippen LogP contribution in [0.2, 0.25) is 0 Å². The van der Waals surface area contributed by atoms with E-state index in [4.69, 9.17) is 5.11 Å². The number of aliphatic hydroxyl groups is 1. The molecule has 0 fully saturated rings. The number of hydrogen-bond acceptors (Lipinski definition) is 1. The Morgan fingerprint density at radius 2 is 1.67 bits per heavy atom. The van der Waals surface area contributed by atoms with Gasteiger partial charge in [-0.3, -0.25) is 0 Å². The molecule has 1 heteroatoms. The maximum absolute atomic E-state index is 9.01. The van der Waals surface area contributed by atoms with E-state index in [-0.39, 0.29) is 0 Å². The predicted octanol–water partition coefficient (Wildman–Crippen LogP) is 2.67. The first-order valence-electron chi connectivity index (χ1n) is 4.84. The zero-order valence-electron chi connectivity index (χ0n) is 7.58. The Morgan fingerprint density at radius 3 is 2.42 bits per heavy atom. The first-order valence-corrected chi connectivity index (χ1v) is 4.84. The van der Waals surface area contributed by atoms with Crippen molar-refractivity contribution in [1.82, 2.24) is 0 Å². The van der Waals surface area contributed by atoms with Gasteiger partial charge in [0.15, 0.2) is 0 Å². The fourth-order valence-electron chi connectivity index (χ4n) is 1.45. The topological polar surface area (TPSA) is 20.2 Å². The Labute approximate surface area is 74.8 Å². The summed E-state index contributed by atoms with van der Waals surface area (Å²) in [6.07, 6.45) is 14.5. The molecule has 68 valence electrons. The molecule has 1 nitrogen and oxygen atoms in total. The molecule has 0 aromatic rings. The molecule has 12 heavy (non-hydrogen) atoms. The second-order valence-electron chi connectivity index (χ2n) is 3.38. The van der Waals surface area contributed by atoms with E-state index in [1.54, 1.807) is 0 Å². The molecule has 1 aliphatic rings. The Morgan fingerprint density at radius 1 is 1.00 bits per heavy atom. The highest BCUT2D eigenvalue weighted by atomic mass is 16.3. The van der Waals surface area contributed by atoms with Gasteiger partial charge in [0.1, 0.15) is 0 Å². The summed E-state index contributed by atoms with van der Waals surface area (Å²) >= 11 is 0. The van der Waals surface area contributed by atoms with Gasteiger partial charge in [0.25, 0.3) is 0 Å². The fraction of sp³-hybridized carbons (Fsp3) is 0.636. The third-order valence-corrected chi connectivity index (χ3v) is 2.30. The molecule has 1 unspecified atom stereocenters. The standard InChI is InChI=1S/C11H18O/c12-10-11-8-6-4-2-1-3-5-7-9-11/h2,4-5,7,11-12H,1,3,6,8-10H2/b4-2-,7-5+. The van der Waals surface area contributed by atoms with E-state index in [2.05, 4.69) is 24.3 Å². The van der Waals surface area contributed by atoms with Gasteiger partial charge in [-0.05, 0) is 38.0 Å². The van der Waals surface area contributed by atoms with Gasteiger partial charge in [-0.15, -0.1) is 0 Å².